The number of likely N-dealkylation sites (tertiary alicyclic amines) is 1. The minimum atomic E-state index is -1.68. The maximum absolute atomic E-state index is 14.4. The highest BCUT2D eigenvalue weighted by atomic mass is 19.1. The van der Waals surface area contributed by atoms with Crippen LogP contribution in [0.3, 0.4) is 0 Å². The third-order valence-electron chi connectivity index (χ3n) is 2.77. The van der Waals surface area contributed by atoms with Gasteiger partial charge in [0.15, 0.2) is 0 Å². The second-order valence-electron chi connectivity index (χ2n) is 4.67. The van der Waals surface area contributed by atoms with Gasteiger partial charge in [-0.1, -0.05) is 0 Å². The first-order valence-electron chi connectivity index (χ1n) is 5.35. The van der Waals surface area contributed by atoms with Crippen molar-refractivity contribution in [3.63, 3.8) is 0 Å². The Kier molecular flexibility index (Phi) is 4.05. The number of nitrogens with two attached hydrogens (primary N) is 1. The molecule has 0 unspecified atom stereocenters. The number of carboxylic acids is 1. The third-order valence-corrected chi connectivity index (χ3v) is 2.77. The van der Waals surface area contributed by atoms with Gasteiger partial charge in [-0.25, -0.2) is 9.18 Å². The van der Waals surface area contributed by atoms with Crippen molar-refractivity contribution < 1.29 is 19.1 Å². The lowest BCUT2D eigenvalue weighted by Crippen LogP contribution is -2.44. The molecule has 1 aliphatic rings. The number of amides is 1. The number of hydrogen-bond acceptors (Lipinski definition) is 4. The van der Waals surface area contributed by atoms with E-state index in [-0.39, 0.29) is 26.1 Å². The zero-order valence-electron chi connectivity index (χ0n) is 10.0. The van der Waals surface area contributed by atoms with E-state index in [1.54, 1.807) is 19.0 Å². The summed E-state index contributed by atoms with van der Waals surface area (Å²) in [5.41, 5.74) is 3.50. The maximum atomic E-state index is 14.4. The standard InChI is InChI=1S/C10H18FN3O3/c1-13(2)5-10(11)3-7(9(16)17)14(6-10)8(15)4-12/h7H,3-6,12H2,1-2H3,(H,16,17)/t7-,10-/m0/s1. The first-order valence-corrected chi connectivity index (χ1v) is 5.35. The van der Waals surface area contributed by atoms with Crippen LogP contribution in [0.2, 0.25) is 0 Å². The topological polar surface area (TPSA) is 86.9 Å². The van der Waals surface area contributed by atoms with Crippen LogP contribution in [0.15, 0.2) is 0 Å². The zero-order chi connectivity index (χ0) is 13.2. The van der Waals surface area contributed by atoms with Gasteiger partial charge in [0.25, 0.3) is 0 Å². The molecular weight excluding hydrogens is 229 g/mol. The van der Waals surface area contributed by atoms with E-state index in [2.05, 4.69) is 0 Å². The molecule has 1 heterocycles. The lowest BCUT2D eigenvalue weighted by molar-refractivity contribution is -0.147. The van der Waals surface area contributed by atoms with Crippen molar-refractivity contribution >= 4 is 11.9 Å². The largest absolute Gasteiger partial charge is 0.480 e. The molecule has 0 radical (unpaired) electrons. The molecule has 1 fully saturated rings. The number of aliphatic carboxylic acids is 1. The molecule has 0 aromatic rings. The fourth-order valence-electron chi connectivity index (χ4n) is 2.22. The Labute approximate surface area is 99.2 Å². The molecule has 1 amide bonds. The molecule has 0 bridgehead atoms. The van der Waals surface area contributed by atoms with Crippen LogP contribution in [-0.4, -0.2) is 72.2 Å². The number of alkyl halides is 1. The van der Waals surface area contributed by atoms with Gasteiger partial charge in [0.1, 0.15) is 11.7 Å². The normalized spacial score (nSPS) is 28.8. The van der Waals surface area contributed by atoms with Crippen molar-refractivity contribution in [2.75, 3.05) is 33.7 Å². The summed E-state index contributed by atoms with van der Waals surface area (Å²) in [6, 6.07) is -1.11. The van der Waals surface area contributed by atoms with Crippen LogP contribution in [0.5, 0.6) is 0 Å². The van der Waals surface area contributed by atoms with E-state index in [0.717, 1.165) is 4.90 Å². The molecule has 0 aromatic heterocycles. The molecule has 17 heavy (non-hydrogen) atoms. The summed E-state index contributed by atoms with van der Waals surface area (Å²) in [5, 5.41) is 8.98. The highest BCUT2D eigenvalue weighted by Crippen LogP contribution is 2.31. The van der Waals surface area contributed by atoms with Crippen LogP contribution in [0.4, 0.5) is 4.39 Å². The van der Waals surface area contributed by atoms with Crippen LogP contribution >= 0.6 is 0 Å². The van der Waals surface area contributed by atoms with Crippen LogP contribution < -0.4 is 5.73 Å². The SMILES string of the molecule is CN(C)C[C@@]1(F)C[C@@H](C(=O)O)N(C(=O)CN)C1. The summed E-state index contributed by atoms with van der Waals surface area (Å²) in [6.07, 6.45) is -0.188. The minimum absolute atomic E-state index is 0.0884. The Hall–Kier alpha value is -1.21. The first kappa shape index (κ1) is 13.9. The highest BCUT2D eigenvalue weighted by Gasteiger charge is 2.49. The van der Waals surface area contributed by atoms with Gasteiger partial charge in [-0.2, -0.15) is 0 Å². The number of rotatable bonds is 4. The molecule has 6 nitrogen and oxygen atoms in total. The van der Waals surface area contributed by atoms with Crippen molar-refractivity contribution in [2.45, 2.75) is 18.1 Å². The fourth-order valence-corrected chi connectivity index (χ4v) is 2.22. The smallest absolute Gasteiger partial charge is 0.326 e. The van der Waals surface area contributed by atoms with Gasteiger partial charge < -0.3 is 20.6 Å². The molecule has 1 aliphatic heterocycles. The summed E-state index contributed by atoms with van der Waals surface area (Å²) < 4.78 is 14.4. The Morgan fingerprint density at radius 2 is 2.18 bits per heavy atom. The van der Waals surface area contributed by atoms with Crippen molar-refractivity contribution in [1.29, 1.82) is 0 Å². The molecule has 0 aromatic carbocycles. The quantitative estimate of drug-likeness (QED) is 0.658. The molecule has 7 heteroatoms. The molecule has 1 saturated heterocycles. The predicted octanol–water partition coefficient (Wildman–Crippen LogP) is -1.10. The average Bonchev–Trinajstić information content (AvgIpc) is 2.54. The summed E-state index contributed by atoms with van der Waals surface area (Å²) in [4.78, 5) is 25.1. The van der Waals surface area contributed by atoms with Gasteiger partial charge in [0.2, 0.25) is 5.91 Å². The second kappa shape index (κ2) is 4.97. The molecule has 1 rings (SSSR count). The Morgan fingerprint density at radius 1 is 1.59 bits per heavy atom. The number of carboxylic acid groups (broad SMARTS) is 1. The molecule has 2 atom stereocenters. The molecule has 0 aliphatic carbocycles. The van der Waals surface area contributed by atoms with Crippen molar-refractivity contribution in [3.05, 3.63) is 0 Å². The number of nitrogens with zero attached hydrogens (tertiary/aromatic N) is 2. The van der Waals surface area contributed by atoms with Crippen LogP contribution in [-0.2, 0) is 9.59 Å². The number of carbonyl (C=O) groups is 2. The van der Waals surface area contributed by atoms with Crippen molar-refractivity contribution in [1.82, 2.24) is 9.80 Å². The Morgan fingerprint density at radius 3 is 2.59 bits per heavy atom. The highest BCUT2D eigenvalue weighted by molar-refractivity contribution is 5.85. The number of halogens is 1. The maximum Gasteiger partial charge on any atom is 0.326 e. The van der Waals surface area contributed by atoms with E-state index in [9.17, 15) is 14.0 Å². The molecule has 0 saturated carbocycles. The fraction of sp³-hybridized carbons (Fsp3) is 0.800. The van der Waals surface area contributed by atoms with Gasteiger partial charge in [-0.05, 0) is 14.1 Å². The minimum Gasteiger partial charge on any atom is -0.480 e. The van der Waals surface area contributed by atoms with Crippen molar-refractivity contribution in [2.24, 2.45) is 5.73 Å². The van der Waals surface area contributed by atoms with Gasteiger partial charge in [-0.3, -0.25) is 4.79 Å². The molecular formula is C10H18FN3O3. The van der Waals surface area contributed by atoms with Crippen molar-refractivity contribution in [3.8, 4) is 0 Å². The number of carbonyl (C=O) groups excluding carboxylic acids is 1. The first-order chi connectivity index (χ1) is 7.79. The predicted molar refractivity (Wildman–Crippen MR) is 59.2 cm³/mol. The summed E-state index contributed by atoms with van der Waals surface area (Å²) in [6.45, 7) is -0.425. The molecule has 98 valence electrons. The number of hydrogen-bond donors (Lipinski definition) is 2. The van der Waals surface area contributed by atoms with Gasteiger partial charge in [-0.15, -0.1) is 0 Å². The van der Waals surface area contributed by atoms with Gasteiger partial charge in [0, 0.05) is 13.0 Å². The zero-order valence-corrected chi connectivity index (χ0v) is 10.0. The Balaban J connectivity index is 2.85. The second-order valence-corrected chi connectivity index (χ2v) is 4.67. The van der Waals surface area contributed by atoms with Gasteiger partial charge in [0.05, 0.1) is 13.1 Å². The lowest BCUT2D eigenvalue weighted by Gasteiger charge is -2.24. The van der Waals surface area contributed by atoms with Crippen LogP contribution in [0.1, 0.15) is 6.42 Å². The van der Waals surface area contributed by atoms with E-state index in [0.29, 0.717) is 0 Å². The van der Waals surface area contributed by atoms with E-state index < -0.39 is 23.6 Å². The third kappa shape index (κ3) is 3.13. The van der Waals surface area contributed by atoms with Crippen LogP contribution in [0, 0.1) is 0 Å². The monoisotopic (exact) mass is 247 g/mol. The molecule has 3 N–H and O–H groups in total. The Bertz CT molecular complexity index is 324. The lowest BCUT2D eigenvalue weighted by atomic mass is 10.0. The van der Waals surface area contributed by atoms with E-state index in [1.165, 1.54) is 0 Å². The van der Waals surface area contributed by atoms with E-state index in [4.69, 9.17) is 10.8 Å². The van der Waals surface area contributed by atoms with Gasteiger partial charge >= 0.3 is 5.97 Å². The summed E-state index contributed by atoms with van der Waals surface area (Å²) >= 11 is 0. The molecule has 0 spiro atoms. The van der Waals surface area contributed by atoms with E-state index in [1.807, 2.05) is 0 Å². The average molecular weight is 247 g/mol. The van der Waals surface area contributed by atoms with Crippen LogP contribution in [0.25, 0.3) is 0 Å². The summed E-state index contributed by atoms with van der Waals surface area (Å²) in [7, 11) is 3.40. The summed E-state index contributed by atoms with van der Waals surface area (Å²) in [5.74, 6) is -1.72. The van der Waals surface area contributed by atoms with E-state index >= 15 is 0 Å².